The Morgan fingerprint density at radius 2 is 2.00 bits per heavy atom. The summed E-state index contributed by atoms with van der Waals surface area (Å²) in [6, 6.07) is 13.2. The molecule has 106 valence electrons. The lowest BCUT2D eigenvalue weighted by molar-refractivity contribution is 0.415. The molecule has 1 aromatic heterocycles. The SMILES string of the molecule is COc1ccc2nc(Sc3ccc(C(=N)N)cc3)[nH]c2c1. The molecule has 4 N–H and O–H groups in total. The lowest BCUT2D eigenvalue weighted by Crippen LogP contribution is -2.10. The molecule has 21 heavy (non-hydrogen) atoms. The standard InChI is InChI=1S/C15H14N4OS/c1-20-10-4-7-12-13(8-10)19-15(18-12)21-11-5-2-9(3-6-11)14(16)17/h2-8H,1H3,(H3,16,17)(H,18,19). The Balaban J connectivity index is 1.85. The molecule has 1 heterocycles. The Labute approximate surface area is 126 Å². The van der Waals surface area contributed by atoms with Gasteiger partial charge in [0.25, 0.3) is 0 Å². The predicted octanol–water partition coefficient (Wildman–Crippen LogP) is 3.01. The van der Waals surface area contributed by atoms with E-state index in [0.29, 0.717) is 5.56 Å². The van der Waals surface area contributed by atoms with Crippen molar-refractivity contribution in [1.29, 1.82) is 5.41 Å². The van der Waals surface area contributed by atoms with Gasteiger partial charge in [0.15, 0.2) is 5.16 Å². The predicted molar refractivity (Wildman–Crippen MR) is 84.2 cm³/mol. The summed E-state index contributed by atoms with van der Waals surface area (Å²) in [5.74, 6) is 0.871. The number of methoxy groups -OCH3 is 1. The first-order chi connectivity index (χ1) is 10.2. The number of nitrogens with zero attached hydrogens (tertiary/aromatic N) is 1. The third-order valence-corrected chi connectivity index (χ3v) is 3.94. The zero-order valence-corrected chi connectivity index (χ0v) is 12.2. The van der Waals surface area contributed by atoms with Crippen LogP contribution >= 0.6 is 11.8 Å². The van der Waals surface area contributed by atoms with Gasteiger partial charge in [-0.05, 0) is 24.3 Å². The minimum Gasteiger partial charge on any atom is -0.497 e. The van der Waals surface area contributed by atoms with Gasteiger partial charge >= 0.3 is 0 Å². The van der Waals surface area contributed by atoms with Crippen LogP contribution in [0.15, 0.2) is 52.5 Å². The number of aromatic amines is 1. The number of amidine groups is 1. The van der Waals surface area contributed by atoms with Crippen molar-refractivity contribution in [2.45, 2.75) is 10.1 Å². The van der Waals surface area contributed by atoms with E-state index in [0.717, 1.165) is 26.8 Å². The average Bonchev–Trinajstić information content (AvgIpc) is 2.88. The Morgan fingerprint density at radius 3 is 2.67 bits per heavy atom. The summed E-state index contributed by atoms with van der Waals surface area (Å²) >= 11 is 1.53. The fourth-order valence-corrected chi connectivity index (χ4v) is 2.76. The molecule has 0 aliphatic carbocycles. The number of hydrogen-bond acceptors (Lipinski definition) is 4. The monoisotopic (exact) mass is 298 g/mol. The minimum atomic E-state index is 0.0717. The number of H-pyrrole nitrogens is 1. The minimum absolute atomic E-state index is 0.0717. The van der Waals surface area contributed by atoms with E-state index in [-0.39, 0.29) is 5.84 Å². The van der Waals surface area contributed by atoms with Gasteiger partial charge in [0.05, 0.1) is 18.1 Å². The van der Waals surface area contributed by atoms with E-state index in [4.69, 9.17) is 15.9 Å². The summed E-state index contributed by atoms with van der Waals surface area (Å²) in [5.41, 5.74) is 8.00. The van der Waals surface area contributed by atoms with Gasteiger partial charge in [0.1, 0.15) is 11.6 Å². The van der Waals surface area contributed by atoms with Gasteiger partial charge < -0.3 is 15.5 Å². The smallest absolute Gasteiger partial charge is 0.171 e. The number of rotatable bonds is 4. The molecule has 6 heteroatoms. The Hall–Kier alpha value is -2.47. The molecule has 0 aliphatic heterocycles. The third-order valence-electron chi connectivity index (χ3n) is 3.05. The van der Waals surface area contributed by atoms with Crippen molar-refractivity contribution < 1.29 is 4.74 Å². The zero-order chi connectivity index (χ0) is 14.8. The normalized spacial score (nSPS) is 10.7. The number of nitrogen functional groups attached to an aromatic ring is 1. The molecule has 0 saturated heterocycles. The van der Waals surface area contributed by atoms with Gasteiger partial charge in [0.2, 0.25) is 0 Å². The van der Waals surface area contributed by atoms with Gasteiger partial charge in [-0.3, -0.25) is 5.41 Å². The Morgan fingerprint density at radius 1 is 1.24 bits per heavy atom. The number of ether oxygens (including phenoxy) is 1. The molecule has 0 saturated carbocycles. The van der Waals surface area contributed by atoms with Crippen molar-refractivity contribution in [2.24, 2.45) is 5.73 Å². The number of nitrogens with one attached hydrogen (secondary N) is 2. The zero-order valence-electron chi connectivity index (χ0n) is 11.4. The molecule has 2 aromatic carbocycles. The molecule has 0 radical (unpaired) electrons. The molecule has 0 spiro atoms. The molecular formula is C15H14N4OS. The van der Waals surface area contributed by atoms with Gasteiger partial charge in [0, 0.05) is 16.5 Å². The summed E-state index contributed by atoms with van der Waals surface area (Å²) in [7, 11) is 1.64. The molecule has 0 atom stereocenters. The van der Waals surface area contributed by atoms with Crippen LogP contribution in [-0.2, 0) is 0 Å². The summed E-state index contributed by atoms with van der Waals surface area (Å²) in [6.45, 7) is 0. The van der Waals surface area contributed by atoms with Crippen LogP contribution in [0, 0.1) is 5.41 Å². The molecule has 0 aliphatic rings. The number of aromatic nitrogens is 2. The Kier molecular flexibility index (Phi) is 3.53. The molecular weight excluding hydrogens is 284 g/mol. The second kappa shape index (κ2) is 5.49. The number of fused-ring (bicyclic) bond motifs is 1. The molecule has 3 aromatic rings. The third kappa shape index (κ3) is 2.85. The molecule has 0 unspecified atom stereocenters. The van der Waals surface area contributed by atoms with Crippen molar-refractivity contribution >= 4 is 28.6 Å². The molecule has 5 nitrogen and oxygen atoms in total. The van der Waals surface area contributed by atoms with Crippen molar-refractivity contribution in [3.63, 3.8) is 0 Å². The van der Waals surface area contributed by atoms with Crippen LogP contribution in [0.4, 0.5) is 0 Å². The summed E-state index contributed by atoms with van der Waals surface area (Å²) < 4.78 is 5.20. The van der Waals surface area contributed by atoms with E-state index in [1.165, 1.54) is 11.8 Å². The average molecular weight is 298 g/mol. The van der Waals surface area contributed by atoms with Crippen molar-refractivity contribution in [3.05, 3.63) is 48.0 Å². The van der Waals surface area contributed by atoms with E-state index < -0.39 is 0 Å². The quantitative estimate of drug-likeness (QED) is 0.510. The van der Waals surface area contributed by atoms with Crippen LogP contribution in [-0.4, -0.2) is 22.9 Å². The highest BCUT2D eigenvalue weighted by Gasteiger charge is 2.06. The van der Waals surface area contributed by atoms with Crippen LogP contribution in [0.1, 0.15) is 5.56 Å². The fraction of sp³-hybridized carbons (Fsp3) is 0.0667. The van der Waals surface area contributed by atoms with Crippen molar-refractivity contribution in [3.8, 4) is 5.75 Å². The maximum absolute atomic E-state index is 7.38. The number of benzene rings is 2. The van der Waals surface area contributed by atoms with Crippen molar-refractivity contribution in [2.75, 3.05) is 7.11 Å². The van der Waals surface area contributed by atoms with Crippen LogP contribution in [0.3, 0.4) is 0 Å². The number of nitrogens with two attached hydrogens (primary N) is 1. The lowest BCUT2D eigenvalue weighted by Gasteiger charge is -2.00. The summed E-state index contributed by atoms with van der Waals surface area (Å²) in [4.78, 5) is 8.82. The highest BCUT2D eigenvalue weighted by molar-refractivity contribution is 7.99. The van der Waals surface area contributed by atoms with Crippen molar-refractivity contribution in [1.82, 2.24) is 9.97 Å². The van der Waals surface area contributed by atoms with Crippen LogP contribution in [0.5, 0.6) is 5.75 Å². The van der Waals surface area contributed by atoms with Gasteiger partial charge in [-0.15, -0.1) is 0 Å². The first-order valence-corrected chi connectivity index (χ1v) is 7.13. The van der Waals surface area contributed by atoms with Crippen LogP contribution < -0.4 is 10.5 Å². The topological polar surface area (TPSA) is 87.8 Å². The van der Waals surface area contributed by atoms with E-state index in [1.54, 1.807) is 7.11 Å². The maximum Gasteiger partial charge on any atom is 0.171 e. The highest BCUT2D eigenvalue weighted by atomic mass is 32.2. The maximum atomic E-state index is 7.38. The number of hydrogen-bond donors (Lipinski definition) is 3. The Bertz CT molecular complexity index is 795. The molecule has 0 amide bonds. The van der Waals surface area contributed by atoms with E-state index >= 15 is 0 Å². The second-order valence-electron chi connectivity index (χ2n) is 4.47. The summed E-state index contributed by atoms with van der Waals surface area (Å²) in [6.07, 6.45) is 0. The molecule has 3 rings (SSSR count). The van der Waals surface area contributed by atoms with Crippen LogP contribution in [0.25, 0.3) is 11.0 Å². The fourth-order valence-electron chi connectivity index (χ4n) is 1.95. The second-order valence-corrected chi connectivity index (χ2v) is 5.53. The van der Waals surface area contributed by atoms with E-state index in [9.17, 15) is 0 Å². The number of imidazole rings is 1. The van der Waals surface area contributed by atoms with Gasteiger partial charge in [-0.25, -0.2) is 4.98 Å². The van der Waals surface area contributed by atoms with Gasteiger partial charge in [-0.1, -0.05) is 23.9 Å². The highest BCUT2D eigenvalue weighted by Crippen LogP contribution is 2.28. The summed E-state index contributed by atoms with van der Waals surface area (Å²) in [5, 5.41) is 8.19. The molecule has 0 fully saturated rings. The van der Waals surface area contributed by atoms with E-state index in [2.05, 4.69) is 9.97 Å². The lowest BCUT2D eigenvalue weighted by atomic mass is 10.2. The van der Waals surface area contributed by atoms with E-state index in [1.807, 2.05) is 42.5 Å². The first kappa shape index (κ1) is 13.5. The largest absolute Gasteiger partial charge is 0.497 e. The first-order valence-electron chi connectivity index (χ1n) is 6.32. The molecule has 0 bridgehead atoms. The van der Waals surface area contributed by atoms with Crippen LogP contribution in [0.2, 0.25) is 0 Å². The van der Waals surface area contributed by atoms with Gasteiger partial charge in [-0.2, -0.15) is 0 Å².